The molecule has 3 saturated carbocycles. The number of carbonyl (C=O) groups excluding carboxylic acids is 4. The molecule has 2 bridgehead atoms. The van der Waals surface area contributed by atoms with Gasteiger partial charge in [-0.3, -0.25) is 14.6 Å². The van der Waals surface area contributed by atoms with Gasteiger partial charge in [0.25, 0.3) is 5.91 Å². The Morgan fingerprint density at radius 3 is 2.56 bits per heavy atom. The number of Topliss-reactive ketones (excluding diaryl/α,β-unsaturated/α-hetero) is 1. The monoisotopic (exact) mass is 542 g/mol. The molecule has 3 amide bonds. The largest absolute Gasteiger partial charge is 0.445 e. The Balaban J connectivity index is 1.58. The van der Waals surface area contributed by atoms with Gasteiger partial charge in [-0.15, -0.1) is 6.58 Å². The topological polar surface area (TPSA) is 171 Å². The smallest absolute Gasteiger partial charge is 0.417 e. The van der Waals surface area contributed by atoms with Crippen molar-refractivity contribution in [3.05, 3.63) is 36.4 Å². The van der Waals surface area contributed by atoms with Gasteiger partial charge in [0.15, 0.2) is 5.69 Å². The number of aliphatic hydroxyl groups is 1. The minimum absolute atomic E-state index is 0.0398. The number of aliphatic hydroxyl groups excluding tert-OH is 1. The van der Waals surface area contributed by atoms with Gasteiger partial charge < -0.3 is 20.3 Å². The first-order chi connectivity index (χ1) is 18.3. The molecule has 1 unspecified atom stereocenters. The van der Waals surface area contributed by atoms with E-state index in [0.29, 0.717) is 12.8 Å². The molecule has 1 aromatic heterocycles. The van der Waals surface area contributed by atoms with Crippen LogP contribution in [-0.2, 0) is 20.9 Å². The fraction of sp³-hybridized carbons (Fsp3) is 0.643. The zero-order valence-corrected chi connectivity index (χ0v) is 22.9. The Bertz CT molecular complexity index is 1190. The van der Waals surface area contributed by atoms with Crippen LogP contribution in [0.2, 0.25) is 0 Å². The fourth-order valence-electron chi connectivity index (χ4n) is 7.59. The molecule has 8 atom stereocenters. The number of aromatic nitrogens is 2. The number of amides is 3. The normalized spacial score (nSPS) is 37.6. The van der Waals surface area contributed by atoms with Crippen molar-refractivity contribution in [1.29, 1.82) is 0 Å². The number of ether oxygens (including phenoxy) is 2. The Morgan fingerprint density at radius 2 is 1.90 bits per heavy atom. The standard InChI is InChI=1S/C28H38N4O7/c1-6-26(4)13-19(39-25(37)32-24(36)38-14-17-20(23(29)35)31-12-11-30-17)27(5)15(2)7-9-28(16(3)22(26)34)10-8-18(33)21(27)28/h6,11-12,15-16,19,21-22,34H,1,7-10,13-14H2,2-5H3,(H2,29,35)(H,32,36,37)/t15?,16-,19+,21-,22-,26+,27+,28-/m0/s1. The van der Waals surface area contributed by atoms with Gasteiger partial charge in [0, 0.05) is 35.6 Å². The summed E-state index contributed by atoms with van der Waals surface area (Å²) in [5, 5.41) is 13.6. The van der Waals surface area contributed by atoms with Crippen LogP contribution >= 0.6 is 0 Å². The van der Waals surface area contributed by atoms with Crippen molar-refractivity contribution >= 4 is 23.9 Å². The molecule has 11 heteroatoms. The number of alkyl carbamates (subject to hydrolysis) is 2. The number of primary amides is 1. The second-order valence-electron chi connectivity index (χ2n) is 11.9. The molecule has 0 aliphatic heterocycles. The van der Waals surface area contributed by atoms with Gasteiger partial charge >= 0.3 is 12.2 Å². The fourth-order valence-corrected chi connectivity index (χ4v) is 7.59. The zero-order valence-electron chi connectivity index (χ0n) is 22.9. The van der Waals surface area contributed by atoms with E-state index in [9.17, 15) is 24.3 Å². The van der Waals surface area contributed by atoms with E-state index in [-0.39, 0.29) is 41.3 Å². The number of carbonyl (C=O) groups is 4. The molecule has 3 aliphatic carbocycles. The van der Waals surface area contributed by atoms with Crippen molar-refractivity contribution in [1.82, 2.24) is 15.3 Å². The first kappa shape index (κ1) is 28.7. The molecule has 1 aromatic rings. The molecule has 0 spiro atoms. The molecule has 4 N–H and O–H groups in total. The van der Waals surface area contributed by atoms with Gasteiger partial charge in [0.2, 0.25) is 0 Å². The van der Waals surface area contributed by atoms with Crippen LogP contribution in [-0.4, -0.2) is 51.2 Å². The van der Waals surface area contributed by atoms with Crippen molar-refractivity contribution in [2.45, 2.75) is 78.6 Å². The Kier molecular flexibility index (Phi) is 7.59. The van der Waals surface area contributed by atoms with Crippen molar-refractivity contribution in [3.8, 4) is 0 Å². The van der Waals surface area contributed by atoms with Crippen LogP contribution in [0.15, 0.2) is 25.0 Å². The summed E-state index contributed by atoms with van der Waals surface area (Å²) < 4.78 is 11.0. The summed E-state index contributed by atoms with van der Waals surface area (Å²) in [5.41, 5.74) is 3.23. The Hall–Kier alpha value is -3.34. The number of nitrogens with one attached hydrogen (secondary N) is 1. The van der Waals surface area contributed by atoms with Gasteiger partial charge in [-0.25, -0.2) is 19.9 Å². The van der Waals surface area contributed by atoms with Gasteiger partial charge in [0.05, 0.1) is 6.10 Å². The van der Waals surface area contributed by atoms with Crippen LogP contribution in [0, 0.1) is 34.0 Å². The maximum atomic E-state index is 13.4. The third-order valence-corrected chi connectivity index (χ3v) is 10.1. The molecule has 212 valence electrons. The van der Waals surface area contributed by atoms with Gasteiger partial charge in [0.1, 0.15) is 24.2 Å². The number of rotatable bonds is 5. The van der Waals surface area contributed by atoms with Crippen LogP contribution in [0.3, 0.4) is 0 Å². The SMILES string of the molecule is C=C[C@]1(C)C[C@@H](OC(=O)NC(=O)OCc2nccnc2C(N)=O)[C@@]2(C)C(C)CC[C@]3(CCC(=O)[C@H]32)[C@@H](C)[C@@H]1O. The third-order valence-electron chi connectivity index (χ3n) is 10.1. The lowest BCUT2D eigenvalue weighted by molar-refractivity contribution is -0.191. The molecular weight excluding hydrogens is 504 g/mol. The molecule has 3 fully saturated rings. The molecule has 4 rings (SSSR count). The Labute approximate surface area is 227 Å². The highest BCUT2D eigenvalue weighted by Gasteiger charge is 2.68. The number of hydrogen-bond donors (Lipinski definition) is 3. The van der Waals surface area contributed by atoms with E-state index in [4.69, 9.17) is 15.2 Å². The van der Waals surface area contributed by atoms with E-state index in [2.05, 4.69) is 28.8 Å². The number of nitrogens with two attached hydrogens (primary N) is 1. The average molecular weight is 543 g/mol. The van der Waals surface area contributed by atoms with E-state index in [1.165, 1.54) is 12.4 Å². The lowest BCUT2D eigenvalue weighted by Gasteiger charge is -2.61. The van der Waals surface area contributed by atoms with Crippen molar-refractivity contribution in [2.24, 2.45) is 39.7 Å². The van der Waals surface area contributed by atoms with E-state index in [1.807, 2.05) is 20.8 Å². The molecule has 3 aliphatic rings. The van der Waals surface area contributed by atoms with E-state index in [1.54, 1.807) is 6.08 Å². The summed E-state index contributed by atoms with van der Waals surface area (Å²) in [7, 11) is 0. The lowest BCUT2D eigenvalue weighted by Crippen LogP contribution is -2.63. The van der Waals surface area contributed by atoms with Crippen molar-refractivity contribution < 1.29 is 33.8 Å². The highest BCUT2D eigenvalue weighted by atomic mass is 16.6. The molecule has 0 saturated heterocycles. The predicted molar refractivity (Wildman–Crippen MR) is 139 cm³/mol. The van der Waals surface area contributed by atoms with E-state index >= 15 is 0 Å². The van der Waals surface area contributed by atoms with E-state index in [0.717, 1.165) is 12.8 Å². The molecule has 11 nitrogen and oxygen atoms in total. The average Bonchev–Trinajstić information content (AvgIpc) is 3.26. The summed E-state index contributed by atoms with van der Waals surface area (Å²) in [6.07, 6.45) is 3.53. The second kappa shape index (κ2) is 10.3. The van der Waals surface area contributed by atoms with Crippen LogP contribution in [0.1, 0.15) is 76.0 Å². The summed E-state index contributed by atoms with van der Waals surface area (Å²) in [6, 6.07) is 0. The molecule has 0 radical (unpaired) electrons. The molecule has 1 heterocycles. The number of nitrogens with zero attached hydrogens (tertiary/aromatic N) is 2. The van der Waals surface area contributed by atoms with Gasteiger partial charge in [-0.2, -0.15) is 0 Å². The van der Waals surface area contributed by atoms with E-state index < -0.39 is 53.2 Å². The molecule has 39 heavy (non-hydrogen) atoms. The van der Waals surface area contributed by atoms with Crippen molar-refractivity contribution in [3.63, 3.8) is 0 Å². The minimum Gasteiger partial charge on any atom is -0.445 e. The zero-order chi connectivity index (χ0) is 28.8. The summed E-state index contributed by atoms with van der Waals surface area (Å²) in [6.45, 7) is 11.5. The van der Waals surface area contributed by atoms with Crippen molar-refractivity contribution in [2.75, 3.05) is 0 Å². The first-order valence-electron chi connectivity index (χ1n) is 13.4. The van der Waals surface area contributed by atoms with Gasteiger partial charge in [-0.05, 0) is 42.9 Å². The van der Waals surface area contributed by atoms with Gasteiger partial charge in [-0.1, -0.05) is 33.8 Å². The number of ketones is 1. The summed E-state index contributed by atoms with van der Waals surface area (Å²) in [4.78, 5) is 58.2. The summed E-state index contributed by atoms with van der Waals surface area (Å²) in [5.74, 6) is -1.20. The molecular formula is C28H38N4O7. The first-order valence-corrected chi connectivity index (χ1v) is 13.4. The van der Waals surface area contributed by atoms with Crippen LogP contribution in [0.5, 0.6) is 0 Å². The highest BCUT2D eigenvalue weighted by Crippen LogP contribution is 2.67. The quantitative estimate of drug-likeness (QED) is 0.472. The summed E-state index contributed by atoms with van der Waals surface area (Å²) >= 11 is 0. The second-order valence-corrected chi connectivity index (χ2v) is 11.9. The maximum absolute atomic E-state index is 13.4. The van der Waals surface area contributed by atoms with Crippen LogP contribution < -0.4 is 11.1 Å². The van der Waals surface area contributed by atoms with Crippen LogP contribution in [0.25, 0.3) is 0 Å². The lowest BCUT2D eigenvalue weighted by atomic mass is 9.44. The number of imide groups is 1. The Morgan fingerprint density at radius 1 is 1.21 bits per heavy atom. The third kappa shape index (κ3) is 4.70. The molecule has 0 aromatic carbocycles. The predicted octanol–water partition coefficient (Wildman–Crippen LogP) is 3.30. The number of hydrogen-bond acceptors (Lipinski definition) is 9. The van der Waals surface area contributed by atoms with Crippen LogP contribution in [0.4, 0.5) is 9.59 Å². The minimum atomic E-state index is -1.11. The maximum Gasteiger partial charge on any atom is 0.417 e. The highest BCUT2D eigenvalue weighted by molar-refractivity contribution is 5.92.